The SMILES string of the molecule is CCOC(=O)c1sc(NN2CCN(C)CC2)cc1N. The minimum atomic E-state index is -0.351. The van der Waals surface area contributed by atoms with E-state index < -0.39 is 0 Å². The molecule has 1 saturated heterocycles. The van der Waals surface area contributed by atoms with Crippen molar-refractivity contribution in [1.82, 2.24) is 9.91 Å². The number of rotatable bonds is 4. The molecule has 0 radical (unpaired) electrons. The van der Waals surface area contributed by atoms with E-state index in [0.29, 0.717) is 17.2 Å². The van der Waals surface area contributed by atoms with Crippen LogP contribution in [0.5, 0.6) is 0 Å². The lowest BCUT2D eigenvalue weighted by molar-refractivity contribution is 0.0533. The summed E-state index contributed by atoms with van der Waals surface area (Å²) in [7, 11) is 2.11. The van der Waals surface area contributed by atoms with Crippen LogP contribution >= 0.6 is 11.3 Å². The van der Waals surface area contributed by atoms with Crippen molar-refractivity contribution < 1.29 is 9.53 Å². The lowest BCUT2D eigenvalue weighted by Crippen LogP contribution is -2.46. The number of likely N-dealkylation sites (N-methyl/N-ethyl adjacent to an activating group) is 1. The van der Waals surface area contributed by atoms with Gasteiger partial charge in [0.15, 0.2) is 0 Å². The number of hydrogen-bond donors (Lipinski definition) is 2. The molecule has 0 amide bonds. The standard InChI is InChI=1S/C12H20N4O2S/c1-3-18-12(17)11-9(13)8-10(19-11)14-16-6-4-15(2)5-7-16/h8,14H,3-7,13H2,1-2H3. The number of carbonyl (C=O) groups is 1. The van der Waals surface area contributed by atoms with Gasteiger partial charge >= 0.3 is 5.97 Å². The second-order valence-corrected chi connectivity index (χ2v) is 5.57. The predicted molar refractivity (Wildman–Crippen MR) is 77.4 cm³/mol. The molecule has 0 aliphatic carbocycles. The number of nitrogens with zero attached hydrogens (tertiary/aromatic N) is 2. The summed E-state index contributed by atoms with van der Waals surface area (Å²) in [6.07, 6.45) is 0. The van der Waals surface area contributed by atoms with Crippen molar-refractivity contribution in [3.63, 3.8) is 0 Å². The molecule has 0 aromatic carbocycles. The van der Waals surface area contributed by atoms with E-state index in [1.807, 2.05) is 0 Å². The van der Waals surface area contributed by atoms with Crippen molar-refractivity contribution in [2.24, 2.45) is 0 Å². The molecular formula is C12H20N4O2S. The Labute approximate surface area is 117 Å². The van der Waals surface area contributed by atoms with E-state index in [4.69, 9.17) is 10.5 Å². The zero-order valence-electron chi connectivity index (χ0n) is 11.3. The van der Waals surface area contributed by atoms with Gasteiger partial charge in [-0.1, -0.05) is 0 Å². The Morgan fingerprint density at radius 1 is 1.47 bits per heavy atom. The van der Waals surface area contributed by atoms with Gasteiger partial charge in [0.1, 0.15) is 9.88 Å². The van der Waals surface area contributed by atoms with Crippen molar-refractivity contribution >= 4 is 28.0 Å². The maximum Gasteiger partial charge on any atom is 0.350 e. The van der Waals surface area contributed by atoms with Crippen LogP contribution in [0.15, 0.2) is 6.07 Å². The van der Waals surface area contributed by atoms with Gasteiger partial charge in [-0.2, -0.15) is 0 Å². The van der Waals surface area contributed by atoms with Crippen LogP contribution in [0.25, 0.3) is 0 Å². The molecule has 2 heterocycles. The van der Waals surface area contributed by atoms with Crippen LogP contribution < -0.4 is 11.2 Å². The first-order valence-electron chi connectivity index (χ1n) is 6.36. The van der Waals surface area contributed by atoms with Crippen molar-refractivity contribution in [2.75, 3.05) is 51.0 Å². The van der Waals surface area contributed by atoms with Crippen molar-refractivity contribution in [3.8, 4) is 0 Å². The summed E-state index contributed by atoms with van der Waals surface area (Å²) in [4.78, 5) is 14.4. The zero-order chi connectivity index (χ0) is 13.8. The first kappa shape index (κ1) is 14.1. The fourth-order valence-corrected chi connectivity index (χ4v) is 2.79. The summed E-state index contributed by atoms with van der Waals surface area (Å²) >= 11 is 1.34. The third-order valence-corrected chi connectivity index (χ3v) is 4.03. The van der Waals surface area contributed by atoms with Gasteiger partial charge < -0.3 is 20.8 Å². The Hall–Kier alpha value is -1.31. The van der Waals surface area contributed by atoms with Crippen LogP contribution in [0.3, 0.4) is 0 Å². The Balaban J connectivity index is 1.98. The van der Waals surface area contributed by atoms with Gasteiger partial charge in [-0.15, -0.1) is 11.3 Å². The van der Waals surface area contributed by atoms with Gasteiger partial charge in [0.2, 0.25) is 0 Å². The second kappa shape index (κ2) is 6.23. The van der Waals surface area contributed by atoms with E-state index in [1.165, 1.54) is 11.3 Å². The summed E-state index contributed by atoms with van der Waals surface area (Å²) in [6, 6.07) is 1.79. The van der Waals surface area contributed by atoms with E-state index in [2.05, 4.69) is 22.4 Å². The zero-order valence-corrected chi connectivity index (χ0v) is 12.1. The number of hydrazine groups is 1. The number of hydrogen-bond acceptors (Lipinski definition) is 7. The molecule has 0 spiro atoms. The van der Waals surface area contributed by atoms with Crippen molar-refractivity contribution in [2.45, 2.75) is 6.92 Å². The van der Waals surface area contributed by atoms with Crippen molar-refractivity contribution in [1.29, 1.82) is 0 Å². The molecule has 2 rings (SSSR count). The van der Waals surface area contributed by atoms with Gasteiger partial charge in [0, 0.05) is 26.2 Å². The van der Waals surface area contributed by atoms with Gasteiger partial charge in [-0.25, -0.2) is 9.80 Å². The molecule has 7 heteroatoms. The first-order chi connectivity index (χ1) is 9.10. The third-order valence-electron chi connectivity index (χ3n) is 2.99. The average Bonchev–Trinajstić information content (AvgIpc) is 2.74. The highest BCUT2D eigenvalue weighted by molar-refractivity contribution is 7.18. The smallest absolute Gasteiger partial charge is 0.350 e. The highest BCUT2D eigenvalue weighted by Crippen LogP contribution is 2.30. The van der Waals surface area contributed by atoms with E-state index in [0.717, 1.165) is 31.2 Å². The molecule has 0 atom stereocenters. The van der Waals surface area contributed by atoms with Crippen molar-refractivity contribution in [3.05, 3.63) is 10.9 Å². The van der Waals surface area contributed by atoms with Crippen LogP contribution in [0.1, 0.15) is 16.6 Å². The molecule has 106 valence electrons. The number of nitrogens with two attached hydrogens (primary N) is 1. The number of ether oxygens (including phenoxy) is 1. The van der Waals surface area contributed by atoms with Crippen LogP contribution in [-0.4, -0.2) is 55.7 Å². The number of nitrogen functional groups attached to an aromatic ring is 1. The molecule has 1 aromatic rings. The summed E-state index contributed by atoms with van der Waals surface area (Å²) < 4.78 is 4.97. The fourth-order valence-electron chi connectivity index (χ4n) is 1.89. The van der Waals surface area contributed by atoms with E-state index >= 15 is 0 Å². The Morgan fingerprint density at radius 3 is 2.79 bits per heavy atom. The molecule has 6 nitrogen and oxygen atoms in total. The van der Waals surface area contributed by atoms with Crippen LogP contribution in [0.4, 0.5) is 10.7 Å². The van der Waals surface area contributed by atoms with Gasteiger partial charge in [-0.05, 0) is 20.0 Å². The summed E-state index contributed by atoms with van der Waals surface area (Å²) in [5, 5.41) is 3.02. The average molecular weight is 284 g/mol. The van der Waals surface area contributed by atoms with Gasteiger partial charge in [0.05, 0.1) is 12.3 Å². The quantitative estimate of drug-likeness (QED) is 0.806. The molecule has 1 aliphatic rings. The molecular weight excluding hydrogens is 264 g/mol. The van der Waals surface area contributed by atoms with Crippen LogP contribution in [0, 0.1) is 0 Å². The van der Waals surface area contributed by atoms with E-state index in [1.54, 1.807) is 13.0 Å². The fraction of sp³-hybridized carbons (Fsp3) is 0.583. The van der Waals surface area contributed by atoms with Gasteiger partial charge in [-0.3, -0.25) is 0 Å². The number of esters is 1. The topological polar surface area (TPSA) is 70.8 Å². The third kappa shape index (κ3) is 3.59. The normalized spacial score (nSPS) is 17.4. The van der Waals surface area contributed by atoms with E-state index in [9.17, 15) is 4.79 Å². The Kier molecular flexibility index (Phi) is 4.62. The summed E-state index contributed by atoms with van der Waals surface area (Å²) in [6.45, 7) is 6.09. The molecule has 0 bridgehead atoms. The first-order valence-corrected chi connectivity index (χ1v) is 7.18. The second-order valence-electron chi connectivity index (χ2n) is 4.52. The lowest BCUT2D eigenvalue weighted by Gasteiger charge is -2.32. The number of anilines is 2. The number of thiophene rings is 1. The molecule has 0 unspecified atom stereocenters. The molecule has 3 N–H and O–H groups in total. The number of piperazine rings is 1. The maximum absolute atomic E-state index is 11.7. The molecule has 1 fully saturated rings. The van der Waals surface area contributed by atoms with Gasteiger partial charge in [0.25, 0.3) is 0 Å². The summed E-state index contributed by atoms with van der Waals surface area (Å²) in [5.74, 6) is -0.351. The number of nitrogens with one attached hydrogen (secondary N) is 1. The maximum atomic E-state index is 11.7. The minimum Gasteiger partial charge on any atom is -0.462 e. The monoisotopic (exact) mass is 284 g/mol. The largest absolute Gasteiger partial charge is 0.462 e. The van der Waals surface area contributed by atoms with Crippen LogP contribution in [0.2, 0.25) is 0 Å². The number of carbonyl (C=O) groups excluding carboxylic acids is 1. The minimum absolute atomic E-state index is 0.351. The highest BCUT2D eigenvalue weighted by Gasteiger charge is 2.18. The predicted octanol–water partition coefficient (Wildman–Crippen LogP) is 1.08. The Morgan fingerprint density at radius 2 is 2.16 bits per heavy atom. The molecule has 1 aromatic heterocycles. The molecule has 1 aliphatic heterocycles. The van der Waals surface area contributed by atoms with E-state index in [-0.39, 0.29) is 5.97 Å². The molecule has 0 saturated carbocycles. The lowest BCUT2D eigenvalue weighted by atomic mass is 10.4. The highest BCUT2D eigenvalue weighted by atomic mass is 32.1. The van der Waals surface area contributed by atoms with Crippen LogP contribution in [-0.2, 0) is 4.74 Å². The molecule has 19 heavy (non-hydrogen) atoms. The summed E-state index contributed by atoms with van der Waals surface area (Å²) in [5.41, 5.74) is 9.61. The Bertz CT molecular complexity index is 441.